The molecule has 1 aromatic carbocycles. The topological polar surface area (TPSA) is 67.6 Å². The molecule has 5 heteroatoms. The van der Waals surface area contributed by atoms with Crippen molar-refractivity contribution in [2.45, 2.75) is 12.5 Å². The van der Waals surface area contributed by atoms with Crippen molar-refractivity contribution in [1.82, 2.24) is 4.90 Å². The maximum Gasteiger partial charge on any atom is 0.245 e. The standard InChI is InChI=1S/C14H17N3O2/c1-16-7-8-17(13(6-9-18)14(16)19)12-5-3-2-4-11(12)10-15/h2-5,13,18H,6-9H2,1H3. The molecule has 1 saturated heterocycles. The monoisotopic (exact) mass is 259 g/mol. The fraction of sp³-hybridized carbons (Fsp3) is 0.429. The second kappa shape index (κ2) is 5.72. The van der Waals surface area contributed by atoms with Gasteiger partial charge in [-0.15, -0.1) is 0 Å². The molecule has 5 nitrogen and oxygen atoms in total. The lowest BCUT2D eigenvalue weighted by Gasteiger charge is -2.40. The highest BCUT2D eigenvalue weighted by molar-refractivity contribution is 5.87. The van der Waals surface area contributed by atoms with Gasteiger partial charge >= 0.3 is 0 Å². The number of piperazine rings is 1. The van der Waals surface area contributed by atoms with Crippen molar-refractivity contribution in [3.05, 3.63) is 29.8 Å². The van der Waals surface area contributed by atoms with E-state index in [9.17, 15) is 4.79 Å². The van der Waals surface area contributed by atoms with E-state index in [2.05, 4.69) is 6.07 Å². The number of para-hydroxylation sites is 1. The van der Waals surface area contributed by atoms with Crippen LogP contribution < -0.4 is 4.90 Å². The molecule has 1 aliphatic heterocycles. The summed E-state index contributed by atoms with van der Waals surface area (Å²) in [5, 5.41) is 18.3. The molecule has 1 fully saturated rings. The van der Waals surface area contributed by atoms with E-state index in [4.69, 9.17) is 10.4 Å². The Morgan fingerprint density at radius 1 is 1.42 bits per heavy atom. The number of carbonyl (C=O) groups excluding carboxylic acids is 1. The summed E-state index contributed by atoms with van der Waals surface area (Å²) in [6, 6.07) is 9.02. The van der Waals surface area contributed by atoms with E-state index >= 15 is 0 Å². The van der Waals surface area contributed by atoms with Gasteiger partial charge in [-0.2, -0.15) is 5.26 Å². The van der Waals surface area contributed by atoms with Crippen LogP contribution in [0.2, 0.25) is 0 Å². The van der Waals surface area contributed by atoms with Crippen LogP contribution in [0.25, 0.3) is 0 Å². The summed E-state index contributed by atoms with van der Waals surface area (Å²) in [7, 11) is 1.76. The Balaban J connectivity index is 2.36. The summed E-state index contributed by atoms with van der Waals surface area (Å²) in [5.74, 6) is -0.00644. The van der Waals surface area contributed by atoms with E-state index in [0.717, 1.165) is 5.69 Å². The molecule has 1 aliphatic rings. The Morgan fingerprint density at radius 2 is 2.16 bits per heavy atom. The van der Waals surface area contributed by atoms with Crippen LogP contribution in [0.1, 0.15) is 12.0 Å². The third-order valence-electron chi connectivity index (χ3n) is 3.45. The van der Waals surface area contributed by atoms with E-state index in [1.807, 2.05) is 17.0 Å². The van der Waals surface area contributed by atoms with Crippen molar-refractivity contribution in [1.29, 1.82) is 5.26 Å². The smallest absolute Gasteiger partial charge is 0.245 e. The molecule has 2 rings (SSSR count). The number of aliphatic hydroxyl groups is 1. The number of nitriles is 1. The number of anilines is 1. The lowest BCUT2D eigenvalue weighted by molar-refractivity contribution is -0.133. The Kier molecular flexibility index (Phi) is 4.03. The van der Waals surface area contributed by atoms with Crippen LogP contribution in [0.4, 0.5) is 5.69 Å². The molecule has 1 unspecified atom stereocenters. The van der Waals surface area contributed by atoms with Crippen LogP contribution in [-0.4, -0.2) is 48.7 Å². The zero-order valence-electron chi connectivity index (χ0n) is 10.9. The predicted octanol–water partition coefficient (Wildman–Crippen LogP) is 0.588. The quantitative estimate of drug-likeness (QED) is 0.862. The Labute approximate surface area is 112 Å². The molecule has 1 N–H and O–H groups in total. The van der Waals surface area contributed by atoms with Crippen LogP contribution in [0, 0.1) is 11.3 Å². The molecule has 0 aromatic heterocycles. The Morgan fingerprint density at radius 3 is 2.84 bits per heavy atom. The van der Waals surface area contributed by atoms with E-state index in [1.54, 1.807) is 24.1 Å². The average molecular weight is 259 g/mol. The van der Waals surface area contributed by atoms with Crippen LogP contribution in [0.5, 0.6) is 0 Å². The third-order valence-corrected chi connectivity index (χ3v) is 3.45. The molecule has 1 aromatic rings. The highest BCUT2D eigenvalue weighted by Crippen LogP contribution is 2.25. The summed E-state index contributed by atoms with van der Waals surface area (Å²) >= 11 is 0. The van der Waals surface area contributed by atoms with E-state index in [1.165, 1.54) is 0 Å². The molecule has 1 amide bonds. The molecule has 0 aliphatic carbocycles. The Hall–Kier alpha value is -2.06. The zero-order valence-corrected chi connectivity index (χ0v) is 10.9. The van der Waals surface area contributed by atoms with Gasteiger partial charge in [0.2, 0.25) is 5.91 Å². The maximum atomic E-state index is 12.2. The minimum Gasteiger partial charge on any atom is -0.396 e. The fourth-order valence-corrected chi connectivity index (χ4v) is 2.42. The van der Waals surface area contributed by atoms with Crippen molar-refractivity contribution in [3.8, 4) is 6.07 Å². The number of likely N-dealkylation sites (N-methyl/N-ethyl adjacent to an activating group) is 1. The molecule has 1 atom stereocenters. The van der Waals surface area contributed by atoms with Gasteiger partial charge in [0.25, 0.3) is 0 Å². The van der Waals surface area contributed by atoms with E-state index < -0.39 is 6.04 Å². The molecular formula is C14H17N3O2. The lowest BCUT2D eigenvalue weighted by atomic mass is 10.0. The van der Waals surface area contributed by atoms with Gasteiger partial charge in [0.15, 0.2) is 0 Å². The first-order valence-corrected chi connectivity index (χ1v) is 6.30. The van der Waals surface area contributed by atoms with Crippen LogP contribution in [0.15, 0.2) is 24.3 Å². The van der Waals surface area contributed by atoms with Gasteiger partial charge in [-0.25, -0.2) is 0 Å². The average Bonchev–Trinajstić information content (AvgIpc) is 2.44. The summed E-state index contributed by atoms with van der Waals surface area (Å²) < 4.78 is 0. The van der Waals surface area contributed by atoms with Crippen LogP contribution in [-0.2, 0) is 4.79 Å². The molecule has 0 bridgehead atoms. The molecule has 19 heavy (non-hydrogen) atoms. The van der Waals surface area contributed by atoms with E-state index in [0.29, 0.717) is 25.1 Å². The third kappa shape index (κ3) is 2.54. The van der Waals surface area contributed by atoms with Gasteiger partial charge < -0.3 is 14.9 Å². The maximum absolute atomic E-state index is 12.2. The molecule has 0 spiro atoms. The normalized spacial score (nSPS) is 19.4. The predicted molar refractivity (Wildman–Crippen MR) is 71.6 cm³/mol. The van der Waals surface area contributed by atoms with Crippen molar-refractivity contribution in [3.63, 3.8) is 0 Å². The largest absolute Gasteiger partial charge is 0.396 e. The Bertz CT molecular complexity index is 510. The van der Waals surface area contributed by atoms with Crippen molar-refractivity contribution in [2.75, 3.05) is 31.6 Å². The van der Waals surface area contributed by atoms with Crippen molar-refractivity contribution < 1.29 is 9.90 Å². The first kappa shape index (κ1) is 13.4. The van der Waals surface area contributed by atoms with Crippen LogP contribution in [0.3, 0.4) is 0 Å². The van der Waals surface area contributed by atoms with Gasteiger partial charge in [0.05, 0.1) is 11.3 Å². The van der Waals surface area contributed by atoms with Gasteiger partial charge in [-0.3, -0.25) is 4.79 Å². The number of benzene rings is 1. The summed E-state index contributed by atoms with van der Waals surface area (Å²) in [6.45, 7) is 1.25. The second-order valence-corrected chi connectivity index (χ2v) is 4.61. The second-order valence-electron chi connectivity index (χ2n) is 4.61. The van der Waals surface area contributed by atoms with Crippen molar-refractivity contribution >= 4 is 11.6 Å². The zero-order chi connectivity index (χ0) is 13.8. The number of nitrogens with zero attached hydrogens (tertiary/aromatic N) is 3. The van der Waals surface area contributed by atoms with Gasteiger partial charge in [0.1, 0.15) is 12.1 Å². The van der Waals surface area contributed by atoms with Gasteiger partial charge in [-0.05, 0) is 18.6 Å². The summed E-state index contributed by atoms with van der Waals surface area (Å²) in [6.07, 6.45) is 0.378. The lowest BCUT2D eigenvalue weighted by Crippen LogP contribution is -2.56. The molecule has 100 valence electrons. The summed E-state index contributed by atoms with van der Waals surface area (Å²) in [5.41, 5.74) is 1.33. The summed E-state index contributed by atoms with van der Waals surface area (Å²) in [4.78, 5) is 15.8. The van der Waals surface area contributed by atoms with Crippen LogP contribution >= 0.6 is 0 Å². The first-order chi connectivity index (χ1) is 9.19. The molecule has 1 heterocycles. The van der Waals surface area contributed by atoms with Gasteiger partial charge in [-0.1, -0.05) is 12.1 Å². The minimum atomic E-state index is -0.391. The molecule has 0 radical (unpaired) electrons. The highest BCUT2D eigenvalue weighted by Gasteiger charge is 2.33. The molecule has 0 saturated carbocycles. The number of aliphatic hydroxyl groups excluding tert-OH is 1. The fourth-order valence-electron chi connectivity index (χ4n) is 2.42. The SMILES string of the molecule is CN1CCN(c2ccccc2C#N)C(CCO)C1=O. The van der Waals surface area contributed by atoms with Crippen molar-refractivity contribution in [2.24, 2.45) is 0 Å². The number of hydrogen-bond acceptors (Lipinski definition) is 4. The minimum absolute atomic E-state index is 0.00644. The highest BCUT2D eigenvalue weighted by atomic mass is 16.3. The number of hydrogen-bond donors (Lipinski definition) is 1. The number of amides is 1. The number of carbonyl (C=O) groups is 1. The first-order valence-electron chi connectivity index (χ1n) is 6.30. The number of rotatable bonds is 3. The van der Waals surface area contributed by atoms with Gasteiger partial charge in [0, 0.05) is 26.7 Å². The van der Waals surface area contributed by atoms with E-state index in [-0.39, 0.29) is 12.5 Å². The molecular weight excluding hydrogens is 242 g/mol.